The van der Waals surface area contributed by atoms with Crippen LogP contribution in [0.1, 0.15) is 44.9 Å². The van der Waals surface area contributed by atoms with E-state index < -0.39 is 0 Å². The van der Waals surface area contributed by atoms with Gasteiger partial charge in [-0.2, -0.15) is 0 Å². The van der Waals surface area contributed by atoms with Gasteiger partial charge in [0.15, 0.2) is 0 Å². The molecule has 2 fully saturated rings. The molecule has 1 aromatic rings. The van der Waals surface area contributed by atoms with Crippen LogP contribution in [-0.2, 0) is 4.74 Å². The average molecular weight is 325 g/mol. The first-order valence-corrected chi connectivity index (χ1v) is 8.64. The lowest BCUT2D eigenvalue weighted by Gasteiger charge is -2.35. The maximum Gasteiger partial charge on any atom is 0.135 e. The Hall–Kier alpha value is -0.910. The molecule has 0 bridgehead atoms. The van der Waals surface area contributed by atoms with E-state index in [9.17, 15) is 0 Å². The van der Waals surface area contributed by atoms with E-state index in [4.69, 9.17) is 16.3 Å². The second-order valence-corrected chi connectivity index (χ2v) is 6.89. The number of hydrogen-bond acceptors (Lipinski definition) is 5. The standard InChI is InChI=1S/C16H25ClN4O/c1-11-9-21(10-12(2)22-11)7-3-6-18-15-8-14(17)19-16(20-15)13-4-5-13/h8,11-13H,3-7,9-10H2,1-2H3,(H,18,19,20). The lowest BCUT2D eigenvalue weighted by molar-refractivity contribution is -0.0678. The minimum Gasteiger partial charge on any atom is -0.373 e. The first kappa shape index (κ1) is 16.0. The number of nitrogens with zero attached hydrogens (tertiary/aromatic N) is 3. The summed E-state index contributed by atoms with van der Waals surface area (Å²) in [4.78, 5) is 11.3. The van der Waals surface area contributed by atoms with Crippen molar-refractivity contribution in [2.24, 2.45) is 0 Å². The smallest absolute Gasteiger partial charge is 0.135 e. The molecule has 2 aliphatic rings. The maximum atomic E-state index is 6.08. The Balaban J connectivity index is 1.43. The van der Waals surface area contributed by atoms with Crippen LogP contribution in [0.2, 0.25) is 5.15 Å². The molecule has 0 aromatic carbocycles. The largest absolute Gasteiger partial charge is 0.373 e. The average Bonchev–Trinajstić information content (AvgIpc) is 3.26. The second kappa shape index (κ2) is 7.11. The molecule has 1 saturated heterocycles. The van der Waals surface area contributed by atoms with E-state index >= 15 is 0 Å². The van der Waals surface area contributed by atoms with E-state index in [1.54, 1.807) is 0 Å². The van der Waals surface area contributed by atoms with Gasteiger partial charge < -0.3 is 10.1 Å². The summed E-state index contributed by atoms with van der Waals surface area (Å²) in [7, 11) is 0. The van der Waals surface area contributed by atoms with Gasteiger partial charge in [0, 0.05) is 38.2 Å². The van der Waals surface area contributed by atoms with Crippen molar-refractivity contribution in [2.45, 2.75) is 51.2 Å². The first-order chi connectivity index (χ1) is 10.6. The molecule has 6 heteroatoms. The summed E-state index contributed by atoms with van der Waals surface area (Å²) in [6.45, 7) is 8.31. The molecular weight excluding hydrogens is 300 g/mol. The van der Waals surface area contributed by atoms with Crippen molar-refractivity contribution in [3.8, 4) is 0 Å². The van der Waals surface area contributed by atoms with Gasteiger partial charge in [0.1, 0.15) is 16.8 Å². The van der Waals surface area contributed by atoms with Gasteiger partial charge in [-0.05, 0) is 33.1 Å². The third-order valence-electron chi connectivity index (χ3n) is 4.11. The van der Waals surface area contributed by atoms with Crippen LogP contribution in [0.25, 0.3) is 0 Å². The lowest BCUT2D eigenvalue weighted by Crippen LogP contribution is -2.45. The molecule has 0 spiro atoms. The van der Waals surface area contributed by atoms with Gasteiger partial charge in [-0.3, -0.25) is 4.90 Å². The summed E-state index contributed by atoms with van der Waals surface area (Å²) >= 11 is 6.08. The minimum absolute atomic E-state index is 0.332. The number of ether oxygens (including phenoxy) is 1. The summed E-state index contributed by atoms with van der Waals surface area (Å²) in [6, 6.07) is 1.81. The van der Waals surface area contributed by atoms with Crippen LogP contribution in [0.3, 0.4) is 0 Å². The monoisotopic (exact) mass is 324 g/mol. The van der Waals surface area contributed by atoms with E-state index in [1.807, 2.05) is 6.07 Å². The van der Waals surface area contributed by atoms with E-state index in [2.05, 4.69) is 34.0 Å². The fraction of sp³-hybridized carbons (Fsp3) is 0.750. The van der Waals surface area contributed by atoms with Gasteiger partial charge in [-0.15, -0.1) is 0 Å². The molecule has 3 rings (SSSR count). The van der Waals surface area contributed by atoms with Crippen LogP contribution < -0.4 is 5.32 Å². The molecule has 0 amide bonds. The number of rotatable bonds is 6. The summed E-state index contributed by atoms with van der Waals surface area (Å²) < 4.78 is 5.76. The predicted molar refractivity (Wildman–Crippen MR) is 88.6 cm³/mol. The fourth-order valence-corrected chi connectivity index (χ4v) is 3.23. The number of hydrogen-bond donors (Lipinski definition) is 1. The first-order valence-electron chi connectivity index (χ1n) is 8.26. The van der Waals surface area contributed by atoms with Crippen molar-refractivity contribution in [1.82, 2.24) is 14.9 Å². The van der Waals surface area contributed by atoms with Gasteiger partial charge >= 0.3 is 0 Å². The minimum atomic E-state index is 0.332. The molecule has 1 saturated carbocycles. The summed E-state index contributed by atoms with van der Waals surface area (Å²) in [5.74, 6) is 2.27. The Morgan fingerprint density at radius 3 is 2.68 bits per heavy atom. The zero-order chi connectivity index (χ0) is 15.5. The highest BCUT2D eigenvalue weighted by Gasteiger charge is 2.27. The molecule has 22 heavy (non-hydrogen) atoms. The maximum absolute atomic E-state index is 6.08. The SMILES string of the molecule is CC1CN(CCCNc2cc(Cl)nc(C3CC3)n2)CC(C)O1. The Morgan fingerprint density at radius 1 is 1.27 bits per heavy atom. The van der Waals surface area contributed by atoms with E-state index in [0.29, 0.717) is 23.3 Å². The Bertz CT molecular complexity index is 499. The van der Waals surface area contributed by atoms with Crippen LogP contribution in [-0.4, -0.2) is 53.3 Å². The molecule has 2 heterocycles. The Kier molecular flexibility index (Phi) is 5.16. The Labute approximate surface area is 137 Å². The quantitative estimate of drug-likeness (QED) is 0.644. The van der Waals surface area contributed by atoms with Crippen molar-refractivity contribution in [3.05, 3.63) is 17.0 Å². The normalized spacial score (nSPS) is 26.1. The van der Waals surface area contributed by atoms with E-state index in [1.165, 1.54) is 12.8 Å². The van der Waals surface area contributed by atoms with Gasteiger partial charge in [-0.1, -0.05) is 11.6 Å². The zero-order valence-electron chi connectivity index (χ0n) is 13.4. The molecule has 1 aromatic heterocycles. The second-order valence-electron chi connectivity index (χ2n) is 6.51. The van der Waals surface area contributed by atoms with Crippen LogP contribution in [0.15, 0.2) is 6.07 Å². The number of anilines is 1. The molecule has 0 radical (unpaired) electrons. The van der Waals surface area contributed by atoms with Crippen molar-refractivity contribution >= 4 is 17.4 Å². The summed E-state index contributed by atoms with van der Waals surface area (Å²) in [5, 5.41) is 3.91. The van der Waals surface area contributed by atoms with E-state index in [0.717, 1.165) is 44.2 Å². The van der Waals surface area contributed by atoms with Crippen molar-refractivity contribution in [2.75, 3.05) is 31.5 Å². The highest BCUT2D eigenvalue weighted by Crippen LogP contribution is 2.38. The molecule has 2 unspecified atom stereocenters. The highest BCUT2D eigenvalue weighted by atomic mass is 35.5. The third-order valence-corrected chi connectivity index (χ3v) is 4.30. The Morgan fingerprint density at radius 2 is 2.00 bits per heavy atom. The molecule has 1 aliphatic heterocycles. The van der Waals surface area contributed by atoms with Crippen LogP contribution >= 0.6 is 11.6 Å². The molecule has 2 atom stereocenters. The molecule has 5 nitrogen and oxygen atoms in total. The molecule has 122 valence electrons. The molecular formula is C16H25ClN4O. The number of aromatic nitrogens is 2. The van der Waals surface area contributed by atoms with Crippen molar-refractivity contribution in [3.63, 3.8) is 0 Å². The van der Waals surface area contributed by atoms with Crippen molar-refractivity contribution < 1.29 is 4.74 Å². The van der Waals surface area contributed by atoms with Gasteiger partial charge in [-0.25, -0.2) is 9.97 Å². The number of nitrogens with one attached hydrogen (secondary N) is 1. The van der Waals surface area contributed by atoms with Crippen molar-refractivity contribution in [1.29, 1.82) is 0 Å². The number of morpholine rings is 1. The van der Waals surface area contributed by atoms with Gasteiger partial charge in [0.05, 0.1) is 12.2 Å². The fourth-order valence-electron chi connectivity index (χ4n) is 3.04. The highest BCUT2D eigenvalue weighted by molar-refractivity contribution is 6.29. The van der Waals surface area contributed by atoms with Crippen LogP contribution in [0.4, 0.5) is 5.82 Å². The van der Waals surface area contributed by atoms with Gasteiger partial charge in [0.25, 0.3) is 0 Å². The van der Waals surface area contributed by atoms with Gasteiger partial charge in [0.2, 0.25) is 0 Å². The molecule has 1 aliphatic carbocycles. The predicted octanol–water partition coefficient (Wildman–Crippen LogP) is 2.92. The lowest BCUT2D eigenvalue weighted by atomic mass is 10.2. The van der Waals surface area contributed by atoms with Crippen LogP contribution in [0, 0.1) is 0 Å². The van der Waals surface area contributed by atoms with Crippen LogP contribution in [0.5, 0.6) is 0 Å². The third kappa shape index (κ3) is 4.54. The molecule has 1 N–H and O–H groups in total. The summed E-state index contributed by atoms with van der Waals surface area (Å²) in [6.07, 6.45) is 4.12. The zero-order valence-corrected chi connectivity index (χ0v) is 14.1. The summed E-state index contributed by atoms with van der Waals surface area (Å²) in [5.41, 5.74) is 0. The topological polar surface area (TPSA) is 50.3 Å². The van der Waals surface area contributed by atoms with E-state index in [-0.39, 0.29) is 0 Å². The number of halogens is 1.